The van der Waals surface area contributed by atoms with E-state index in [1.54, 1.807) is 13.8 Å². The number of nitrogens with zero attached hydrogens (tertiary/aromatic N) is 2. The van der Waals surface area contributed by atoms with Crippen LogP contribution in [0, 0.1) is 0 Å². The third-order valence-electron chi connectivity index (χ3n) is 1.79. The monoisotopic (exact) mass is 331 g/mol. The largest absolute Gasteiger partial charge is 0.433 e. The van der Waals surface area contributed by atoms with E-state index in [9.17, 15) is 13.2 Å². The van der Waals surface area contributed by atoms with Crippen molar-refractivity contribution in [2.45, 2.75) is 20.0 Å². The summed E-state index contributed by atoms with van der Waals surface area (Å²) in [5.74, 6) is -1.01. The highest BCUT2D eigenvalue weighted by molar-refractivity contribution is 8.07. The Morgan fingerprint density at radius 3 is 2.25 bits per heavy atom. The Bertz CT molecular complexity index is 505. The maximum absolute atomic E-state index is 12.6. The zero-order valence-electron chi connectivity index (χ0n) is 10.7. The molecule has 114 valence electrons. The molecule has 0 fully saturated rings. The van der Waals surface area contributed by atoms with Crippen LogP contribution in [-0.4, -0.2) is 23.2 Å². The highest BCUT2D eigenvalue weighted by Gasteiger charge is 2.34. The normalized spacial score (nSPS) is 12.4. The van der Waals surface area contributed by atoms with E-state index in [2.05, 4.69) is 9.97 Å². The molecule has 0 unspecified atom stereocenters. The van der Waals surface area contributed by atoms with Crippen LogP contribution in [-0.2, 0) is 27.0 Å². The van der Waals surface area contributed by atoms with Gasteiger partial charge < -0.3 is 10.3 Å². The zero-order valence-corrected chi connectivity index (χ0v) is 12.4. The Morgan fingerprint density at radius 2 is 1.80 bits per heavy atom. The van der Waals surface area contributed by atoms with Gasteiger partial charge in [-0.3, -0.25) is 9.05 Å². The molecule has 0 bridgehead atoms. The molecule has 1 heterocycles. The van der Waals surface area contributed by atoms with Crippen LogP contribution in [0.4, 0.5) is 19.1 Å². The van der Waals surface area contributed by atoms with E-state index in [-0.39, 0.29) is 13.2 Å². The molecule has 0 saturated heterocycles. The fraction of sp³-hybridized carbons (Fsp3) is 0.556. The molecule has 11 heteroatoms. The van der Waals surface area contributed by atoms with E-state index in [0.717, 1.165) is 0 Å². The predicted molar refractivity (Wildman–Crippen MR) is 69.6 cm³/mol. The first kappa shape index (κ1) is 17.1. The van der Waals surface area contributed by atoms with E-state index in [0.29, 0.717) is 6.07 Å². The average Bonchev–Trinajstić information content (AvgIpc) is 2.26. The van der Waals surface area contributed by atoms with E-state index in [4.69, 9.17) is 31.1 Å². The summed E-state index contributed by atoms with van der Waals surface area (Å²) in [5.41, 5.74) is 3.99. The Morgan fingerprint density at radius 1 is 1.25 bits per heavy atom. The average molecular weight is 331 g/mol. The summed E-state index contributed by atoms with van der Waals surface area (Å²) in [6.07, 6.45) is -4.67. The van der Waals surface area contributed by atoms with Gasteiger partial charge in [-0.25, -0.2) is 4.98 Å². The first-order valence-electron chi connectivity index (χ1n) is 5.50. The lowest BCUT2D eigenvalue weighted by Gasteiger charge is -2.20. The Labute approximate surface area is 118 Å². The molecule has 0 amide bonds. The van der Waals surface area contributed by atoms with Crippen molar-refractivity contribution in [2.75, 3.05) is 18.9 Å². The van der Waals surface area contributed by atoms with Gasteiger partial charge in [0.15, 0.2) is 5.69 Å². The molecule has 0 spiro atoms. The molecule has 0 saturated carbocycles. The van der Waals surface area contributed by atoms with Gasteiger partial charge in [-0.1, -0.05) is 0 Å². The number of aromatic nitrogens is 2. The van der Waals surface area contributed by atoms with Gasteiger partial charge in [0.25, 0.3) is 0 Å². The Hall–Kier alpha value is -0.960. The summed E-state index contributed by atoms with van der Waals surface area (Å²) in [6, 6.07) is 0.593. The molecule has 0 aliphatic carbocycles. The highest BCUT2D eigenvalue weighted by Crippen LogP contribution is 2.49. The van der Waals surface area contributed by atoms with Crippen molar-refractivity contribution < 1.29 is 26.7 Å². The van der Waals surface area contributed by atoms with Gasteiger partial charge >= 0.3 is 12.9 Å². The SMILES string of the molecule is CCOP(=S)(OCC)Oc1cc(C(F)(F)F)nc(N)n1. The van der Waals surface area contributed by atoms with E-state index in [1.165, 1.54) is 0 Å². The molecule has 1 aromatic rings. The van der Waals surface area contributed by atoms with Crippen molar-refractivity contribution in [3.05, 3.63) is 11.8 Å². The lowest BCUT2D eigenvalue weighted by molar-refractivity contribution is -0.141. The first-order valence-corrected chi connectivity index (χ1v) is 8.06. The summed E-state index contributed by atoms with van der Waals surface area (Å²) in [6.45, 7) is 0.459. The first-order chi connectivity index (χ1) is 9.20. The molecular formula is C9H13F3N3O3PS. The summed E-state index contributed by atoms with van der Waals surface area (Å²) < 4.78 is 53.2. The van der Waals surface area contributed by atoms with E-state index < -0.39 is 30.4 Å². The molecule has 0 aromatic carbocycles. The number of alkyl halides is 3. The molecule has 20 heavy (non-hydrogen) atoms. The third-order valence-corrected chi connectivity index (χ3v) is 4.21. The standard InChI is InChI=1S/C9H13F3N3O3PS/c1-3-16-19(20,17-4-2)18-7-5-6(9(10,11)12)14-8(13)15-7/h5H,3-4H2,1-2H3,(H2,13,14,15). The minimum atomic E-state index is -4.67. The van der Waals surface area contributed by atoms with Crippen LogP contribution in [0.5, 0.6) is 5.88 Å². The van der Waals surface area contributed by atoms with Crippen LogP contribution >= 0.6 is 6.72 Å². The lowest BCUT2D eigenvalue weighted by Crippen LogP contribution is -2.12. The number of nitrogens with two attached hydrogens (primary N) is 1. The molecule has 0 radical (unpaired) electrons. The van der Waals surface area contributed by atoms with Gasteiger partial charge in [0.2, 0.25) is 11.8 Å². The lowest BCUT2D eigenvalue weighted by atomic mass is 10.4. The molecule has 0 aliphatic rings. The van der Waals surface area contributed by atoms with Crippen LogP contribution < -0.4 is 10.3 Å². The smallest absolute Gasteiger partial charge is 0.405 e. The molecule has 0 atom stereocenters. The Balaban J connectivity index is 3.07. The van der Waals surface area contributed by atoms with Crippen molar-refractivity contribution in [2.24, 2.45) is 0 Å². The molecule has 6 nitrogen and oxygen atoms in total. The van der Waals surface area contributed by atoms with Gasteiger partial charge in [0.1, 0.15) is 0 Å². The van der Waals surface area contributed by atoms with Crippen LogP contribution in [0.2, 0.25) is 0 Å². The van der Waals surface area contributed by atoms with Crippen LogP contribution in [0.25, 0.3) is 0 Å². The number of hydrogen-bond donors (Lipinski definition) is 1. The van der Waals surface area contributed by atoms with Crippen LogP contribution in [0.3, 0.4) is 0 Å². The minimum Gasteiger partial charge on any atom is -0.405 e. The predicted octanol–water partition coefficient (Wildman–Crippen LogP) is 2.75. The van der Waals surface area contributed by atoms with Gasteiger partial charge in [0, 0.05) is 17.9 Å². The second kappa shape index (κ2) is 6.66. The number of halogens is 3. The maximum atomic E-state index is 12.6. The molecule has 0 aliphatic heterocycles. The third kappa shape index (κ3) is 4.86. The van der Waals surface area contributed by atoms with E-state index >= 15 is 0 Å². The van der Waals surface area contributed by atoms with Gasteiger partial charge in [-0.2, -0.15) is 18.2 Å². The van der Waals surface area contributed by atoms with Crippen molar-refractivity contribution in [1.29, 1.82) is 0 Å². The number of anilines is 1. The topological polar surface area (TPSA) is 79.5 Å². The second-order valence-electron chi connectivity index (χ2n) is 3.32. The second-order valence-corrected chi connectivity index (χ2v) is 6.26. The van der Waals surface area contributed by atoms with Crippen LogP contribution in [0.15, 0.2) is 6.07 Å². The zero-order chi connectivity index (χ0) is 15.4. The molecule has 1 rings (SSSR count). The van der Waals surface area contributed by atoms with Crippen LogP contribution in [0.1, 0.15) is 19.5 Å². The highest BCUT2D eigenvalue weighted by atomic mass is 32.5. The molecule has 1 aromatic heterocycles. The summed E-state index contributed by atoms with van der Waals surface area (Å²) >= 11 is 5.02. The molecule has 2 N–H and O–H groups in total. The fourth-order valence-electron chi connectivity index (χ4n) is 1.16. The number of hydrogen-bond acceptors (Lipinski definition) is 7. The van der Waals surface area contributed by atoms with Gasteiger partial charge in [-0.05, 0) is 13.8 Å². The number of rotatable bonds is 6. The summed E-state index contributed by atoms with van der Waals surface area (Å²) in [7, 11) is 0. The minimum absolute atomic E-state index is 0.184. The van der Waals surface area contributed by atoms with Crippen molar-refractivity contribution in [3.8, 4) is 5.88 Å². The van der Waals surface area contributed by atoms with Gasteiger partial charge in [-0.15, -0.1) is 0 Å². The summed E-state index contributed by atoms with van der Waals surface area (Å²) in [5, 5.41) is 0. The Kier molecular flexibility index (Phi) is 5.69. The summed E-state index contributed by atoms with van der Waals surface area (Å²) in [4.78, 5) is 6.63. The van der Waals surface area contributed by atoms with E-state index in [1.807, 2.05) is 0 Å². The quantitative estimate of drug-likeness (QED) is 0.803. The fourth-order valence-corrected chi connectivity index (χ4v) is 3.15. The van der Waals surface area contributed by atoms with Gasteiger partial charge in [0.05, 0.1) is 13.2 Å². The number of nitrogen functional groups attached to an aromatic ring is 1. The van der Waals surface area contributed by atoms with Crippen molar-refractivity contribution in [1.82, 2.24) is 9.97 Å². The van der Waals surface area contributed by atoms with Crippen molar-refractivity contribution in [3.63, 3.8) is 0 Å². The molecular weight excluding hydrogens is 318 g/mol. The maximum Gasteiger partial charge on any atom is 0.433 e. The van der Waals surface area contributed by atoms with Crippen molar-refractivity contribution >= 4 is 24.5 Å².